The molecule has 0 bridgehead atoms. The third kappa shape index (κ3) is 4.14. The Labute approximate surface area is 155 Å². The van der Waals surface area contributed by atoms with Crippen molar-refractivity contribution in [3.8, 4) is 0 Å². The topological polar surface area (TPSA) is 70.1 Å². The molecule has 1 aromatic rings. The Morgan fingerprint density at radius 1 is 1.19 bits per heavy atom. The van der Waals surface area contributed by atoms with Gasteiger partial charge in [0.1, 0.15) is 5.70 Å². The van der Waals surface area contributed by atoms with Crippen LogP contribution in [0.5, 0.6) is 0 Å². The summed E-state index contributed by atoms with van der Waals surface area (Å²) in [5, 5.41) is 9.27. The van der Waals surface area contributed by atoms with Crippen molar-refractivity contribution >= 4 is 17.4 Å². The van der Waals surface area contributed by atoms with Crippen LogP contribution < -0.4 is 0 Å². The molecule has 0 aromatic heterocycles. The van der Waals surface area contributed by atoms with Gasteiger partial charge in [0.15, 0.2) is 0 Å². The van der Waals surface area contributed by atoms with E-state index in [9.17, 15) is 14.7 Å². The first-order valence-corrected chi connectivity index (χ1v) is 9.00. The van der Waals surface area contributed by atoms with Crippen molar-refractivity contribution in [2.75, 3.05) is 40.0 Å². The van der Waals surface area contributed by atoms with E-state index in [0.29, 0.717) is 37.4 Å². The van der Waals surface area contributed by atoms with Gasteiger partial charge < -0.3 is 14.7 Å². The number of aliphatic hydroxyl groups excluding tert-OH is 1. The molecule has 0 saturated heterocycles. The third-order valence-electron chi connectivity index (χ3n) is 4.49. The largest absolute Gasteiger partial charge is 0.395 e. The number of rotatable bonds is 9. The van der Waals surface area contributed by atoms with Crippen molar-refractivity contribution in [1.29, 1.82) is 0 Å². The Balaban J connectivity index is 2.40. The Bertz CT molecular complexity index is 712. The van der Waals surface area contributed by atoms with E-state index < -0.39 is 0 Å². The average Bonchev–Trinajstić information content (AvgIpc) is 2.83. The molecule has 6 nitrogen and oxygen atoms in total. The molecule has 1 N–H and O–H groups in total. The third-order valence-corrected chi connectivity index (χ3v) is 4.49. The van der Waals surface area contributed by atoms with Gasteiger partial charge in [-0.15, -0.1) is 0 Å². The molecule has 0 radical (unpaired) electrons. The maximum atomic E-state index is 13.1. The van der Waals surface area contributed by atoms with Gasteiger partial charge in [0.05, 0.1) is 12.2 Å². The van der Waals surface area contributed by atoms with Crippen LogP contribution in [-0.2, 0) is 14.3 Å². The lowest BCUT2D eigenvalue weighted by Gasteiger charge is -2.20. The highest BCUT2D eigenvalue weighted by Crippen LogP contribution is 2.33. The second-order valence-electron chi connectivity index (χ2n) is 6.50. The van der Waals surface area contributed by atoms with E-state index in [2.05, 4.69) is 0 Å². The van der Waals surface area contributed by atoms with Crippen molar-refractivity contribution in [2.24, 2.45) is 0 Å². The molecule has 0 spiro atoms. The van der Waals surface area contributed by atoms with Gasteiger partial charge in [-0.2, -0.15) is 0 Å². The summed E-state index contributed by atoms with van der Waals surface area (Å²) in [4.78, 5) is 28.9. The molecule has 26 heavy (non-hydrogen) atoms. The number of ether oxygens (including phenoxy) is 1. The SMILES string of the molecule is CCOCCCN1C(=O)C(c2ccc(C)cc2C)=C(N(C)CCO)C1=O. The quantitative estimate of drug-likeness (QED) is 0.536. The first kappa shape index (κ1) is 20.1. The number of hydrogen-bond donors (Lipinski definition) is 1. The standard InChI is InChI=1S/C20H28N2O4/c1-5-26-12-6-9-22-19(24)17(16-8-7-14(2)13-15(16)3)18(20(22)25)21(4)10-11-23/h7-8,13,23H,5-6,9-12H2,1-4H3. The molecule has 1 aliphatic rings. The fourth-order valence-corrected chi connectivity index (χ4v) is 3.19. The Morgan fingerprint density at radius 2 is 1.92 bits per heavy atom. The van der Waals surface area contributed by atoms with Crippen LogP contribution in [-0.4, -0.2) is 66.7 Å². The number of carbonyl (C=O) groups is 2. The highest BCUT2D eigenvalue weighted by Gasteiger charge is 2.40. The van der Waals surface area contributed by atoms with Crippen LogP contribution in [0.3, 0.4) is 0 Å². The summed E-state index contributed by atoms with van der Waals surface area (Å²) in [5.41, 5.74) is 3.59. The molecule has 142 valence electrons. The molecule has 1 aromatic carbocycles. The van der Waals surface area contributed by atoms with Gasteiger partial charge in [-0.3, -0.25) is 14.5 Å². The first-order chi connectivity index (χ1) is 12.4. The van der Waals surface area contributed by atoms with Crippen molar-refractivity contribution in [1.82, 2.24) is 9.80 Å². The normalized spacial score (nSPS) is 14.6. The molecule has 2 rings (SSSR count). The molecule has 0 unspecified atom stereocenters. The molecule has 0 aliphatic carbocycles. The zero-order valence-corrected chi connectivity index (χ0v) is 16.0. The van der Waals surface area contributed by atoms with Crippen molar-refractivity contribution in [2.45, 2.75) is 27.2 Å². The molecule has 1 heterocycles. The monoisotopic (exact) mass is 360 g/mol. The Hall–Kier alpha value is -2.18. The van der Waals surface area contributed by atoms with Crippen molar-refractivity contribution in [3.05, 3.63) is 40.6 Å². The fraction of sp³-hybridized carbons (Fsp3) is 0.500. The number of likely N-dealkylation sites (N-methyl/N-ethyl adjacent to an activating group) is 1. The minimum Gasteiger partial charge on any atom is -0.395 e. The average molecular weight is 360 g/mol. The number of benzene rings is 1. The van der Waals surface area contributed by atoms with Gasteiger partial charge in [0.25, 0.3) is 11.8 Å². The predicted octanol–water partition coefficient (Wildman–Crippen LogP) is 1.73. The number of aryl methyl sites for hydroxylation is 2. The van der Waals surface area contributed by atoms with Crippen LogP contribution in [0.2, 0.25) is 0 Å². The summed E-state index contributed by atoms with van der Waals surface area (Å²) in [5.74, 6) is -0.587. The number of aliphatic hydroxyl groups is 1. The maximum Gasteiger partial charge on any atom is 0.277 e. The highest BCUT2D eigenvalue weighted by molar-refractivity contribution is 6.35. The van der Waals surface area contributed by atoms with E-state index in [1.165, 1.54) is 4.90 Å². The van der Waals surface area contributed by atoms with Crippen LogP contribution >= 0.6 is 0 Å². The molecule has 0 saturated carbocycles. The summed E-state index contributed by atoms with van der Waals surface area (Å²) in [6, 6.07) is 5.83. The van der Waals surface area contributed by atoms with Gasteiger partial charge in [0.2, 0.25) is 0 Å². The Morgan fingerprint density at radius 3 is 2.54 bits per heavy atom. The lowest BCUT2D eigenvalue weighted by Crippen LogP contribution is -2.36. The molecular weight excluding hydrogens is 332 g/mol. The van der Waals surface area contributed by atoms with Crippen LogP contribution in [0.4, 0.5) is 0 Å². The van der Waals surface area contributed by atoms with Gasteiger partial charge >= 0.3 is 0 Å². The molecule has 6 heteroatoms. The van der Waals surface area contributed by atoms with E-state index in [1.54, 1.807) is 11.9 Å². The summed E-state index contributed by atoms with van der Waals surface area (Å²) < 4.78 is 5.31. The van der Waals surface area contributed by atoms with Gasteiger partial charge in [-0.1, -0.05) is 23.8 Å². The van der Waals surface area contributed by atoms with E-state index in [-0.39, 0.29) is 25.0 Å². The fourth-order valence-electron chi connectivity index (χ4n) is 3.19. The van der Waals surface area contributed by atoms with E-state index in [4.69, 9.17) is 4.74 Å². The molecular formula is C20H28N2O4. The summed E-state index contributed by atoms with van der Waals surface area (Å²) in [7, 11) is 1.73. The van der Waals surface area contributed by atoms with Crippen LogP contribution in [0.1, 0.15) is 30.0 Å². The summed E-state index contributed by atoms with van der Waals surface area (Å²) >= 11 is 0. The minimum atomic E-state index is -0.308. The zero-order chi connectivity index (χ0) is 19.3. The maximum absolute atomic E-state index is 13.1. The van der Waals surface area contributed by atoms with Crippen LogP contribution in [0.25, 0.3) is 5.57 Å². The van der Waals surface area contributed by atoms with Gasteiger partial charge in [-0.25, -0.2) is 0 Å². The number of amides is 2. The second kappa shape index (κ2) is 8.96. The van der Waals surface area contributed by atoms with E-state index in [1.807, 2.05) is 39.0 Å². The van der Waals surface area contributed by atoms with Gasteiger partial charge in [-0.05, 0) is 38.3 Å². The number of nitrogens with zero attached hydrogens (tertiary/aromatic N) is 2. The molecule has 0 atom stereocenters. The summed E-state index contributed by atoms with van der Waals surface area (Å²) in [6.45, 7) is 7.48. The molecule has 1 aliphatic heterocycles. The summed E-state index contributed by atoms with van der Waals surface area (Å²) in [6.07, 6.45) is 0.600. The van der Waals surface area contributed by atoms with Crippen molar-refractivity contribution < 1.29 is 19.4 Å². The Kier molecular flexibility index (Phi) is 6.94. The number of carbonyl (C=O) groups excluding carboxylic acids is 2. The zero-order valence-electron chi connectivity index (χ0n) is 16.0. The van der Waals surface area contributed by atoms with E-state index >= 15 is 0 Å². The lowest BCUT2D eigenvalue weighted by molar-refractivity contribution is -0.137. The molecule has 0 fully saturated rings. The highest BCUT2D eigenvalue weighted by atomic mass is 16.5. The molecule has 2 amide bonds. The van der Waals surface area contributed by atoms with E-state index in [0.717, 1.165) is 16.7 Å². The first-order valence-electron chi connectivity index (χ1n) is 9.00. The lowest BCUT2D eigenvalue weighted by atomic mass is 9.97. The van der Waals surface area contributed by atoms with Gasteiger partial charge in [0, 0.05) is 33.4 Å². The number of imide groups is 1. The van der Waals surface area contributed by atoms with Crippen LogP contribution in [0.15, 0.2) is 23.9 Å². The second-order valence-corrected chi connectivity index (χ2v) is 6.50. The van der Waals surface area contributed by atoms with Crippen LogP contribution in [0, 0.1) is 13.8 Å². The predicted molar refractivity (Wildman–Crippen MR) is 100 cm³/mol. The number of hydrogen-bond acceptors (Lipinski definition) is 5. The minimum absolute atomic E-state index is 0.0913. The smallest absolute Gasteiger partial charge is 0.277 e. The van der Waals surface area contributed by atoms with Crippen molar-refractivity contribution in [3.63, 3.8) is 0 Å².